The molecule has 0 aliphatic rings. The molecule has 0 aliphatic carbocycles. The number of ketones is 1. The zero-order valence-corrected chi connectivity index (χ0v) is 11.0. The highest BCUT2D eigenvalue weighted by Crippen LogP contribution is 2.19. The Balaban J connectivity index is 2.36. The van der Waals surface area contributed by atoms with Crippen molar-refractivity contribution in [1.29, 1.82) is 0 Å². The largest absolute Gasteiger partial charge is 0.478 e. The Bertz CT molecular complexity index is 754. The van der Waals surface area contributed by atoms with Crippen LogP contribution in [0.15, 0.2) is 35.1 Å². The maximum Gasteiger partial charge on any atom is 0.331 e. The summed E-state index contributed by atoms with van der Waals surface area (Å²) in [5, 5.41) is 8.69. The lowest BCUT2D eigenvalue weighted by molar-refractivity contribution is -0.132. The van der Waals surface area contributed by atoms with E-state index in [1.54, 1.807) is 25.2 Å². The van der Waals surface area contributed by atoms with E-state index in [9.17, 15) is 14.4 Å². The second-order valence-electron chi connectivity index (χ2n) is 4.12. The number of Topliss-reactive ketones (excluding diaryl/α,β-unsaturated/α-hetero) is 1. The summed E-state index contributed by atoms with van der Waals surface area (Å²) in [6.45, 7) is 3.33. The van der Waals surface area contributed by atoms with E-state index in [0.29, 0.717) is 10.3 Å². The Morgan fingerprint density at radius 1 is 1.42 bits per heavy atom. The second kappa shape index (κ2) is 4.81. The number of hydrogen-bond acceptors (Lipinski definition) is 4. The summed E-state index contributed by atoms with van der Waals surface area (Å²) in [5.74, 6) is -1.50. The molecule has 0 aliphatic heterocycles. The number of hydrogen-bond donors (Lipinski definition) is 1. The van der Waals surface area contributed by atoms with Gasteiger partial charge < -0.3 is 9.67 Å². The maximum absolute atomic E-state index is 11.9. The number of aromatic nitrogens is 1. The number of aryl methyl sites for hydroxylation is 1. The molecule has 0 bridgehead atoms. The molecule has 0 spiro atoms. The smallest absolute Gasteiger partial charge is 0.331 e. The molecule has 0 saturated carbocycles. The van der Waals surface area contributed by atoms with Crippen LogP contribution in [0.3, 0.4) is 0 Å². The molecule has 1 aromatic carbocycles. The van der Waals surface area contributed by atoms with Crippen molar-refractivity contribution in [2.24, 2.45) is 7.05 Å². The summed E-state index contributed by atoms with van der Waals surface area (Å²) < 4.78 is 2.21. The standard InChI is InChI=1S/C13H11NO4S/c1-7(12(16)17)5-10(15)8-3-4-9-11(6-8)19-13(18)14(9)2/h3-4,6H,1,5H2,2H3,(H,16,17). The van der Waals surface area contributed by atoms with E-state index in [4.69, 9.17) is 5.11 Å². The van der Waals surface area contributed by atoms with Crippen LogP contribution in [0.2, 0.25) is 0 Å². The average molecular weight is 277 g/mol. The number of carbonyl (C=O) groups is 2. The third kappa shape index (κ3) is 2.48. The Hall–Kier alpha value is -2.21. The van der Waals surface area contributed by atoms with Crippen molar-refractivity contribution in [3.05, 3.63) is 45.6 Å². The van der Waals surface area contributed by atoms with E-state index in [1.807, 2.05) is 0 Å². The monoisotopic (exact) mass is 277 g/mol. The average Bonchev–Trinajstić information content (AvgIpc) is 2.64. The first-order valence-corrected chi connectivity index (χ1v) is 6.25. The zero-order valence-electron chi connectivity index (χ0n) is 10.2. The van der Waals surface area contributed by atoms with Crippen LogP contribution in [-0.4, -0.2) is 21.4 Å². The van der Waals surface area contributed by atoms with E-state index >= 15 is 0 Å². The zero-order chi connectivity index (χ0) is 14.2. The van der Waals surface area contributed by atoms with Crippen LogP contribution < -0.4 is 4.87 Å². The van der Waals surface area contributed by atoms with Crippen molar-refractivity contribution in [2.75, 3.05) is 0 Å². The Labute approximate surface area is 112 Å². The molecule has 1 N–H and O–H groups in total. The van der Waals surface area contributed by atoms with E-state index in [-0.39, 0.29) is 22.7 Å². The molecule has 0 unspecified atom stereocenters. The fourth-order valence-corrected chi connectivity index (χ4v) is 2.60. The van der Waals surface area contributed by atoms with Gasteiger partial charge in [-0.2, -0.15) is 0 Å². The number of carbonyl (C=O) groups excluding carboxylic acids is 1. The molecule has 0 radical (unpaired) electrons. The van der Waals surface area contributed by atoms with Gasteiger partial charge in [-0.25, -0.2) is 4.79 Å². The number of rotatable bonds is 4. The van der Waals surface area contributed by atoms with Crippen molar-refractivity contribution in [2.45, 2.75) is 6.42 Å². The molecule has 0 saturated heterocycles. The van der Waals surface area contributed by atoms with Gasteiger partial charge >= 0.3 is 10.8 Å². The van der Waals surface area contributed by atoms with Gasteiger partial charge in [-0.05, 0) is 18.2 Å². The summed E-state index contributed by atoms with van der Waals surface area (Å²) in [5.41, 5.74) is 0.992. The highest BCUT2D eigenvalue weighted by molar-refractivity contribution is 7.16. The third-order valence-electron chi connectivity index (χ3n) is 2.79. The Morgan fingerprint density at radius 3 is 2.74 bits per heavy atom. The molecule has 1 aromatic heterocycles. The van der Waals surface area contributed by atoms with Crippen LogP contribution in [0.1, 0.15) is 16.8 Å². The van der Waals surface area contributed by atoms with Gasteiger partial charge in [0.1, 0.15) is 0 Å². The fraction of sp³-hybridized carbons (Fsp3) is 0.154. The van der Waals surface area contributed by atoms with E-state index in [2.05, 4.69) is 6.58 Å². The molecule has 0 atom stereocenters. The van der Waals surface area contributed by atoms with Crippen molar-refractivity contribution in [3.8, 4) is 0 Å². The van der Waals surface area contributed by atoms with Crippen LogP contribution in [0.5, 0.6) is 0 Å². The van der Waals surface area contributed by atoms with Gasteiger partial charge in [0.2, 0.25) is 0 Å². The molecule has 2 aromatic rings. The molecular formula is C13H11NO4S. The van der Waals surface area contributed by atoms with Crippen LogP contribution >= 0.6 is 11.3 Å². The van der Waals surface area contributed by atoms with Gasteiger partial charge in [-0.1, -0.05) is 17.9 Å². The number of carboxylic acid groups (broad SMARTS) is 1. The van der Waals surface area contributed by atoms with Gasteiger partial charge in [0, 0.05) is 24.6 Å². The van der Waals surface area contributed by atoms with Gasteiger partial charge in [-0.15, -0.1) is 0 Å². The maximum atomic E-state index is 11.9. The summed E-state index contributed by atoms with van der Waals surface area (Å²) in [6, 6.07) is 4.88. The summed E-state index contributed by atoms with van der Waals surface area (Å²) >= 11 is 1.05. The van der Waals surface area contributed by atoms with Crippen molar-refractivity contribution >= 4 is 33.3 Å². The van der Waals surface area contributed by atoms with E-state index in [0.717, 1.165) is 16.9 Å². The first-order valence-electron chi connectivity index (χ1n) is 5.44. The number of carboxylic acids is 1. The number of benzene rings is 1. The normalized spacial score (nSPS) is 10.6. The number of fused-ring (bicyclic) bond motifs is 1. The minimum Gasteiger partial charge on any atom is -0.478 e. The van der Waals surface area contributed by atoms with Gasteiger partial charge in [0.05, 0.1) is 10.2 Å². The number of nitrogens with zero attached hydrogens (tertiary/aromatic N) is 1. The molecule has 19 heavy (non-hydrogen) atoms. The van der Waals surface area contributed by atoms with Crippen molar-refractivity contribution < 1.29 is 14.7 Å². The lowest BCUT2D eigenvalue weighted by Crippen LogP contribution is -2.07. The molecule has 6 heteroatoms. The van der Waals surface area contributed by atoms with E-state index < -0.39 is 5.97 Å². The molecular weight excluding hydrogens is 266 g/mol. The summed E-state index contributed by atoms with van der Waals surface area (Å²) in [4.78, 5) is 33.9. The third-order valence-corrected chi connectivity index (χ3v) is 3.79. The minimum absolute atomic E-state index is 0.102. The van der Waals surface area contributed by atoms with Crippen LogP contribution in [0.25, 0.3) is 10.2 Å². The summed E-state index contributed by atoms with van der Waals surface area (Å²) in [7, 11) is 1.66. The van der Waals surface area contributed by atoms with Gasteiger partial charge in [0.15, 0.2) is 5.78 Å². The molecule has 0 fully saturated rings. The second-order valence-corrected chi connectivity index (χ2v) is 5.11. The summed E-state index contributed by atoms with van der Waals surface area (Å²) in [6.07, 6.45) is -0.234. The van der Waals surface area contributed by atoms with Crippen LogP contribution in [0, 0.1) is 0 Å². The van der Waals surface area contributed by atoms with Gasteiger partial charge in [-0.3, -0.25) is 9.59 Å². The lowest BCUT2D eigenvalue weighted by atomic mass is 10.0. The molecule has 5 nitrogen and oxygen atoms in total. The van der Waals surface area contributed by atoms with Gasteiger partial charge in [0.25, 0.3) is 0 Å². The molecule has 1 heterocycles. The highest BCUT2D eigenvalue weighted by Gasteiger charge is 2.14. The van der Waals surface area contributed by atoms with E-state index in [1.165, 1.54) is 4.57 Å². The minimum atomic E-state index is -1.18. The molecule has 98 valence electrons. The lowest BCUT2D eigenvalue weighted by Gasteiger charge is -2.01. The van der Waals surface area contributed by atoms with Crippen molar-refractivity contribution in [1.82, 2.24) is 4.57 Å². The fourth-order valence-electron chi connectivity index (χ4n) is 1.68. The number of thiazole rings is 1. The predicted octanol–water partition coefficient (Wildman–Crippen LogP) is 1.81. The predicted molar refractivity (Wildman–Crippen MR) is 72.8 cm³/mol. The van der Waals surface area contributed by atoms with Crippen molar-refractivity contribution in [3.63, 3.8) is 0 Å². The SMILES string of the molecule is C=C(CC(=O)c1ccc2c(c1)sc(=O)n2C)C(=O)O. The topological polar surface area (TPSA) is 76.4 Å². The number of aliphatic carboxylic acids is 1. The van der Waals surface area contributed by atoms with Crippen LogP contribution in [-0.2, 0) is 11.8 Å². The Morgan fingerprint density at radius 2 is 2.11 bits per heavy atom. The highest BCUT2D eigenvalue weighted by atomic mass is 32.1. The molecule has 0 amide bonds. The van der Waals surface area contributed by atoms with Crippen LogP contribution in [0.4, 0.5) is 0 Å². The molecule has 2 rings (SSSR count). The first-order chi connectivity index (χ1) is 8.90. The quantitative estimate of drug-likeness (QED) is 0.683. The Kier molecular flexibility index (Phi) is 3.35. The first kappa shape index (κ1) is 13.2.